The fraction of sp³-hybridized carbons (Fsp3) is 0.615. The number of aryl methyl sites for hydroxylation is 2. The Kier molecular flexibility index (Phi) is 4.13. The largest absolute Gasteiger partial charge is 0.308 e. The molecule has 2 rings (SSSR count). The highest BCUT2D eigenvalue weighted by Gasteiger charge is 2.18. The molecule has 0 aromatic carbocycles. The predicted molar refractivity (Wildman–Crippen MR) is 70.0 cm³/mol. The Balaban J connectivity index is 1.86. The van der Waals surface area contributed by atoms with Crippen molar-refractivity contribution in [1.29, 1.82) is 0 Å². The lowest BCUT2D eigenvalue weighted by Crippen LogP contribution is -2.19. The molecular weight excluding hydrogens is 216 g/mol. The minimum atomic E-state index is 0.404. The van der Waals surface area contributed by atoms with Crippen LogP contribution in [-0.2, 0) is 12.8 Å². The van der Waals surface area contributed by atoms with Gasteiger partial charge in [-0.25, -0.2) is 4.98 Å². The summed E-state index contributed by atoms with van der Waals surface area (Å²) in [6, 6.07) is 0.404. The number of fused-ring (bicyclic) bond motifs is 1. The summed E-state index contributed by atoms with van der Waals surface area (Å²) < 4.78 is 0. The molecule has 0 saturated carbocycles. The lowest BCUT2D eigenvalue weighted by molar-refractivity contribution is 0.576. The van der Waals surface area contributed by atoms with Gasteiger partial charge in [-0.05, 0) is 46.1 Å². The van der Waals surface area contributed by atoms with Crippen molar-refractivity contribution in [2.45, 2.75) is 45.6 Å². The highest BCUT2D eigenvalue weighted by Crippen LogP contribution is 2.30. The van der Waals surface area contributed by atoms with E-state index < -0.39 is 0 Å². The third-order valence-corrected chi connectivity index (χ3v) is 4.32. The highest BCUT2D eigenvalue weighted by molar-refractivity contribution is 7.11. The van der Waals surface area contributed by atoms with Crippen LogP contribution in [0, 0.1) is 0 Å². The number of nitrogens with zero attached hydrogens (tertiary/aromatic N) is 1. The van der Waals surface area contributed by atoms with E-state index in [0.29, 0.717) is 6.04 Å². The molecule has 1 unspecified atom stereocenters. The summed E-state index contributed by atoms with van der Waals surface area (Å²) in [6.45, 7) is 5.31. The van der Waals surface area contributed by atoms with Gasteiger partial charge in [0.25, 0.3) is 0 Å². The zero-order valence-electron chi connectivity index (χ0n) is 10.1. The van der Waals surface area contributed by atoms with Crippen molar-refractivity contribution in [3.8, 4) is 0 Å². The molecule has 3 heteroatoms. The molecule has 1 heterocycles. The lowest BCUT2D eigenvalue weighted by atomic mass is 10.3. The van der Waals surface area contributed by atoms with E-state index in [9.17, 15) is 0 Å². The van der Waals surface area contributed by atoms with E-state index in [1.807, 2.05) is 11.3 Å². The Morgan fingerprint density at radius 1 is 1.50 bits per heavy atom. The molecule has 1 aromatic heterocycles. The van der Waals surface area contributed by atoms with Crippen LogP contribution in [0.4, 0.5) is 0 Å². The number of allylic oxidation sites excluding steroid dienone is 1. The van der Waals surface area contributed by atoms with Gasteiger partial charge in [0, 0.05) is 4.88 Å². The van der Waals surface area contributed by atoms with E-state index >= 15 is 0 Å². The van der Waals surface area contributed by atoms with Crippen LogP contribution < -0.4 is 5.32 Å². The summed E-state index contributed by atoms with van der Waals surface area (Å²) in [5.41, 5.74) is 1.36. The molecular formula is C13H20N2S. The summed E-state index contributed by atoms with van der Waals surface area (Å²) in [5, 5.41) is 4.79. The van der Waals surface area contributed by atoms with Crippen molar-refractivity contribution in [3.05, 3.63) is 27.7 Å². The van der Waals surface area contributed by atoms with Gasteiger partial charge in [0.15, 0.2) is 0 Å². The maximum Gasteiger partial charge on any atom is 0.110 e. The summed E-state index contributed by atoms with van der Waals surface area (Å²) in [7, 11) is 0. The molecule has 88 valence electrons. The molecule has 0 amide bonds. The van der Waals surface area contributed by atoms with Crippen LogP contribution in [0.3, 0.4) is 0 Å². The Morgan fingerprint density at radius 2 is 2.38 bits per heavy atom. The summed E-state index contributed by atoms with van der Waals surface area (Å²) >= 11 is 1.90. The van der Waals surface area contributed by atoms with Gasteiger partial charge in [0.2, 0.25) is 0 Å². The molecule has 0 bridgehead atoms. The molecule has 0 saturated heterocycles. The van der Waals surface area contributed by atoms with Crippen LogP contribution >= 0.6 is 11.3 Å². The average molecular weight is 236 g/mol. The lowest BCUT2D eigenvalue weighted by Gasteiger charge is -2.09. The molecule has 0 spiro atoms. The first kappa shape index (κ1) is 11.8. The number of hydrogen-bond donors (Lipinski definition) is 1. The second-order valence-electron chi connectivity index (χ2n) is 4.31. The molecule has 1 aromatic rings. The second kappa shape index (κ2) is 5.60. The van der Waals surface area contributed by atoms with E-state index in [2.05, 4.69) is 31.3 Å². The molecule has 1 N–H and O–H groups in total. The van der Waals surface area contributed by atoms with Crippen molar-refractivity contribution in [2.75, 3.05) is 6.54 Å². The molecule has 2 nitrogen and oxygen atoms in total. The zero-order chi connectivity index (χ0) is 11.4. The van der Waals surface area contributed by atoms with E-state index in [0.717, 1.165) is 13.0 Å². The molecule has 0 radical (unpaired) electrons. The van der Waals surface area contributed by atoms with Crippen molar-refractivity contribution in [2.24, 2.45) is 0 Å². The Hall–Kier alpha value is -0.670. The summed E-state index contributed by atoms with van der Waals surface area (Å²) in [5.74, 6) is 0. The topological polar surface area (TPSA) is 24.9 Å². The van der Waals surface area contributed by atoms with Gasteiger partial charge in [-0.2, -0.15) is 0 Å². The van der Waals surface area contributed by atoms with E-state index in [4.69, 9.17) is 4.98 Å². The SMILES string of the molecule is C/C=C/CCNC(C)c1nc2c(s1)CCC2. The third kappa shape index (κ3) is 2.71. The van der Waals surface area contributed by atoms with Gasteiger partial charge in [-0.3, -0.25) is 0 Å². The second-order valence-corrected chi connectivity index (χ2v) is 5.42. The van der Waals surface area contributed by atoms with Crippen molar-refractivity contribution in [3.63, 3.8) is 0 Å². The van der Waals surface area contributed by atoms with E-state index in [-0.39, 0.29) is 0 Å². The van der Waals surface area contributed by atoms with Crippen molar-refractivity contribution < 1.29 is 0 Å². The van der Waals surface area contributed by atoms with Crippen LogP contribution in [-0.4, -0.2) is 11.5 Å². The van der Waals surface area contributed by atoms with Crippen LogP contribution in [0.5, 0.6) is 0 Å². The quantitative estimate of drug-likeness (QED) is 0.627. The number of nitrogens with one attached hydrogen (secondary N) is 1. The van der Waals surface area contributed by atoms with Gasteiger partial charge in [-0.1, -0.05) is 12.2 Å². The zero-order valence-corrected chi connectivity index (χ0v) is 10.9. The Morgan fingerprint density at radius 3 is 3.12 bits per heavy atom. The standard InChI is InChI=1S/C13H20N2S/c1-3-4-5-9-14-10(2)13-15-11-7-6-8-12(11)16-13/h3-4,10,14H,5-9H2,1-2H3/b4-3+. The molecule has 16 heavy (non-hydrogen) atoms. The molecule has 1 aliphatic rings. The molecule has 0 fully saturated rings. The maximum atomic E-state index is 4.73. The maximum absolute atomic E-state index is 4.73. The Labute approximate surface area is 102 Å². The normalized spacial score (nSPS) is 16.9. The molecule has 1 atom stereocenters. The Bertz CT molecular complexity index is 347. The third-order valence-electron chi connectivity index (χ3n) is 2.98. The first-order chi connectivity index (χ1) is 7.81. The fourth-order valence-corrected chi connectivity index (χ4v) is 3.21. The number of aromatic nitrogens is 1. The van der Waals surface area contributed by atoms with Crippen LogP contribution in [0.15, 0.2) is 12.2 Å². The fourth-order valence-electron chi connectivity index (χ4n) is 2.03. The van der Waals surface area contributed by atoms with Gasteiger partial charge in [-0.15, -0.1) is 11.3 Å². The van der Waals surface area contributed by atoms with Gasteiger partial charge in [0.05, 0.1) is 11.7 Å². The summed E-state index contributed by atoms with van der Waals surface area (Å²) in [4.78, 5) is 6.25. The van der Waals surface area contributed by atoms with E-state index in [1.54, 1.807) is 0 Å². The predicted octanol–water partition coefficient (Wildman–Crippen LogP) is 3.25. The van der Waals surface area contributed by atoms with Gasteiger partial charge >= 0.3 is 0 Å². The smallest absolute Gasteiger partial charge is 0.110 e. The monoisotopic (exact) mass is 236 g/mol. The first-order valence-electron chi connectivity index (χ1n) is 6.14. The number of hydrogen-bond acceptors (Lipinski definition) is 3. The molecule has 1 aliphatic carbocycles. The van der Waals surface area contributed by atoms with Crippen LogP contribution in [0.25, 0.3) is 0 Å². The highest BCUT2D eigenvalue weighted by atomic mass is 32.1. The molecule has 0 aliphatic heterocycles. The van der Waals surface area contributed by atoms with Gasteiger partial charge in [0.1, 0.15) is 5.01 Å². The first-order valence-corrected chi connectivity index (χ1v) is 6.96. The van der Waals surface area contributed by atoms with Gasteiger partial charge < -0.3 is 5.32 Å². The number of rotatable bonds is 5. The van der Waals surface area contributed by atoms with Crippen molar-refractivity contribution in [1.82, 2.24) is 10.3 Å². The number of thiazole rings is 1. The van der Waals surface area contributed by atoms with Crippen LogP contribution in [0.1, 0.15) is 48.3 Å². The average Bonchev–Trinajstić information content (AvgIpc) is 2.83. The minimum Gasteiger partial charge on any atom is -0.308 e. The van der Waals surface area contributed by atoms with Crippen molar-refractivity contribution >= 4 is 11.3 Å². The van der Waals surface area contributed by atoms with E-state index in [1.165, 1.54) is 34.8 Å². The van der Waals surface area contributed by atoms with Crippen LogP contribution in [0.2, 0.25) is 0 Å². The summed E-state index contributed by atoms with van der Waals surface area (Å²) in [6.07, 6.45) is 9.14. The minimum absolute atomic E-state index is 0.404.